The molecule has 3 aromatic rings. The number of benzene rings is 2. The van der Waals surface area contributed by atoms with Gasteiger partial charge < -0.3 is 14.8 Å². The number of aromatic amines is 1. The molecule has 0 bridgehead atoms. The normalized spacial score (nSPS) is 13.9. The predicted octanol–water partition coefficient (Wildman–Crippen LogP) is 5.50. The van der Waals surface area contributed by atoms with Crippen LogP contribution in [0.2, 0.25) is 5.02 Å². The van der Waals surface area contributed by atoms with E-state index in [1.807, 2.05) is 31.2 Å². The minimum absolute atomic E-state index is 0.0549. The number of carboxylic acids is 1. The summed E-state index contributed by atoms with van der Waals surface area (Å²) in [7, 11) is 0. The zero-order valence-corrected chi connectivity index (χ0v) is 15.3. The molecule has 4 nitrogen and oxygen atoms in total. The molecule has 1 fully saturated rings. The second-order valence-electron chi connectivity index (χ2n) is 7.07. The van der Waals surface area contributed by atoms with Crippen molar-refractivity contribution in [3.63, 3.8) is 0 Å². The van der Waals surface area contributed by atoms with Gasteiger partial charge in [0.2, 0.25) is 0 Å². The average Bonchev–Trinajstić information content (AvgIpc) is 3.30. The van der Waals surface area contributed by atoms with Crippen LogP contribution in [0.3, 0.4) is 0 Å². The third-order valence-electron chi connectivity index (χ3n) is 4.81. The lowest BCUT2D eigenvalue weighted by molar-refractivity contribution is -0.136. The zero-order valence-electron chi connectivity index (χ0n) is 14.5. The number of aliphatic carboxylic acids is 1. The van der Waals surface area contributed by atoms with Crippen LogP contribution in [-0.4, -0.2) is 16.1 Å². The molecule has 2 aromatic carbocycles. The molecule has 1 aromatic heterocycles. The van der Waals surface area contributed by atoms with Crippen LogP contribution in [0.5, 0.6) is 11.5 Å². The Morgan fingerprint density at radius 2 is 2.12 bits per heavy atom. The number of carbonyl (C=O) groups is 1. The van der Waals surface area contributed by atoms with E-state index in [1.54, 1.807) is 6.07 Å². The number of rotatable bonds is 6. The zero-order chi connectivity index (χ0) is 18.3. The molecule has 0 amide bonds. The van der Waals surface area contributed by atoms with Crippen LogP contribution >= 0.6 is 11.6 Å². The molecule has 26 heavy (non-hydrogen) atoms. The molecular formula is C21H20ClNO3. The van der Waals surface area contributed by atoms with Gasteiger partial charge in [-0.3, -0.25) is 4.79 Å². The highest BCUT2D eigenvalue weighted by Gasteiger charge is 2.23. The first-order valence-electron chi connectivity index (χ1n) is 8.78. The molecule has 0 atom stereocenters. The minimum Gasteiger partial charge on any atom is -0.481 e. The van der Waals surface area contributed by atoms with Crippen LogP contribution in [0.4, 0.5) is 0 Å². The number of aryl methyl sites for hydroxylation is 1. The number of aromatic nitrogens is 1. The number of nitrogens with one attached hydrogen (secondary N) is 1. The van der Waals surface area contributed by atoms with E-state index in [0.29, 0.717) is 16.3 Å². The van der Waals surface area contributed by atoms with E-state index in [1.165, 1.54) is 23.8 Å². The maximum Gasteiger partial charge on any atom is 0.307 e. The Kier molecular flexibility index (Phi) is 4.37. The first-order valence-corrected chi connectivity index (χ1v) is 9.16. The van der Waals surface area contributed by atoms with Gasteiger partial charge in [-0.25, -0.2) is 0 Å². The first-order chi connectivity index (χ1) is 12.5. The molecule has 0 aliphatic heterocycles. The van der Waals surface area contributed by atoms with Gasteiger partial charge in [-0.1, -0.05) is 17.7 Å². The number of hydrogen-bond acceptors (Lipinski definition) is 2. The predicted molar refractivity (Wildman–Crippen MR) is 102 cm³/mol. The van der Waals surface area contributed by atoms with Crippen molar-refractivity contribution in [1.29, 1.82) is 0 Å². The molecule has 2 N–H and O–H groups in total. The lowest BCUT2D eigenvalue weighted by atomic mass is 10.1. The van der Waals surface area contributed by atoms with Gasteiger partial charge in [0.05, 0.1) is 11.4 Å². The molecule has 134 valence electrons. The van der Waals surface area contributed by atoms with Gasteiger partial charge in [-0.05, 0) is 73.1 Å². The molecule has 5 heteroatoms. The summed E-state index contributed by atoms with van der Waals surface area (Å²) in [4.78, 5) is 14.2. The molecule has 0 spiro atoms. The molecule has 0 unspecified atom stereocenters. The van der Waals surface area contributed by atoms with Gasteiger partial charge in [-0.15, -0.1) is 0 Å². The van der Waals surface area contributed by atoms with E-state index in [9.17, 15) is 4.79 Å². The number of halogens is 1. The lowest BCUT2D eigenvalue weighted by Gasteiger charge is -2.12. The van der Waals surface area contributed by atoms with E-state index in [2.05, 4.69) is 11.2 Å². The van der Waals surface area contributed by atoms with Crippen LogP contribution < -0.4 is 4.74 Å². The Balaban J connectivity index is 1.63. The maximum atomic E-state index is 10.9. The molecule has 0 radical (unpaired) electrons. The second-order valence-corrected chi connectivity index (χ2v) is 7.47. The summed E-state index contributed by atoms with van der Waals surface area (Å²) in [5.41, 5.74) is 3.92. The first kappa shape index (κ1) is 17.0. The summed E-state index contributed by atoms with van der Waals surface area (Å²) in [6.07, 6.45) is 5.78. The fourth-order valence-corrected chi connectivity index (χ4v) is 3.68. The summed E-state index contributed by atoms with van der Waals surface area (Å²) in [6, 6.07) is 9.45. The maximum absolute atomic E-state index is 10.9. The monoisotopic (exact) mass is 369 g/mol. The quantitative estimate of drug-likeness (QED) is 0.602. The number of fused-ring (bicyclic) bond motifs is 1. The van der Waals surface area contributed by atoms with E-state index >= 15 is 0 Å². The van der Waals surface area contributed by atoms with Crippen molar-refractivity contribution >= 4 is 28.5 Å². The number of hydrogen-bond donors (Lipinski definition) is 2. The summed E-state index contributed by atoms with van der Waals surface area (Å²) in [5.74, 6) is 1.23. The SMILES string of the molecule is Cc1cc(CC(=O)O)cc(Cl)c1Oc1ccc2[nH]cc(CC3CC3)c2c1. The largest absolute Gasteiger partial charge is 0.481 e. The lowest BCUT2D eigenvalue weighted by Crippen LogP contribution is -2.01. The Bertz CT molecular complexity index is 965. The van der Waals surface area contributed by atoms with Crippen molar-refractivity contribution in [3.05, 3.63) is 58.2 Å². The highest BCUT2D eigenvalue weighted by Crippen LogP contribution is 2.37. The van der Waals surface area contributed by atoms with Gasteiger partial charge >= 0.3 is 5.97 Å². The van der Waals surface area contributed by atoms with Gasteiger partial charge in [0.15, 0.2) is 0 Å². The highest BCUT2D eigenvalue weighted by atomic mass is 35.5. The van der Waals surface area contributed by atoms with Crippen LogP contribution in [0.25, 0.3) is 10.9 Å². The van der Waals surface area contributed by atoms with Crippen molar-refractivity contribution in [2.75, 3.05) is 0 Å². The Labute approximate surface area is 156 Å². The summed E-state index contributed by atoms with van der Waals surface area (Å²) in [5, 5.41) is 10.6. The van der Waals surface area contributed by atoms with Crippen LogP contribution in [0.1, 0.15) is 29.5 Å². The van der Waals surface area contributed by atoms with Crippen molar-refractivity contribution in [1.82, 2.24) is 4.98 Å². The summed E-state index contributed by atoms with van der Waals surface area (Å²) < 4.78 is 6.06. The standard InChI is InChI=1S/C21H20ClNO3/c1-12-6-14(9-20(24)25)8-18(22)21(12)26-16-4-5-19-17(10-16)15(11-23-19)7-13-2-3-13/h4-6,8,10-11,13,23H,2-3,7,9H2,1H3,(H,24,25). The van der Waals surface area contributed by atoms with E-state index in [4.69, 9.17) is 21.4 Å². The van der Waals surface area contributed by atoms with Crippen LogP contribution in [0.15, 0.2) is 36.5 Å². The Morgan fingerprint density at radius 3 is 2.81 bits per heavy atom. The molecule has 0 saturated heterocycles. The Morgan fingerprint density at radius 1 is 1.31 bits per heavy atom. The van der Waals surface area contributed by atoms with Gasteiger partial charge in [0, 0.05) is 17.1 Å². The topological polar surface area (TPSA) is 62.3 Å². The van der Waals surface area contributed by atoms with Crippen LogP contribution in [-0.2, 0) is 17.6 Å². The summed E-state index contributed by atoms with van der Waals surface area (Å²) >= 11 is 6.35. The Hall–Kier alpha value is -2.46. The number of H-pyrrole nitrogens is 1. The fraction of sp³-hybridized carbons (Fsp3) is 0.286. The van der Waals surface area contributed by atoms with Crippen molar-refractivity contribution in [3.8, 4) is 11.5 Å². The summed E-state index contributed by atoms with van der Waals surface area (Å²) in [6.45, 7) is 1.87. The molecule has 1 aliphatic carbocycles. The molecular weight excluding hydrogens is 350 g/mol. The minimum atomic E-state index is -0.879. The third kappa shape index (κ3) is 3.56. The molecule has 4 rings (SSSR count). The smallest absolute Gasteiger partial charge is 0.307 e. The van der Waals surface area contributed by atoms with E-state index in [-0.39, 0.29) is 6.42 Å². The molecule has 1 aliphatic rings. The highest BCUT2D eigenvalue weighted by molar-refractivity contribution is 6.32. The van der Waals surface area contributed by atoms with Crippen molar-refractivity contribution < 1.29 is 14.6 Å². The molecule has 1 saturated carbocycles. The fourth-order valence-electron chi connectivity index (χ4n) is 3.35. The van der Waals surface area contributed by atoms with Crippen molar-refractivity contribution in [2.45, 2.75) is 32.6 Å². The third-order valence-corrected chi connectivity index (χ3v) is 5.09. The van der Waals surface area contributed by atoms with E-state index < -0.39 is 5.97 Å². The average molecular weight is 370 g/mol. The van der Waals surface area contributed by atoms with E-state index in [0.717, 1.165) is 29.2 Å². The van der Waals surface area contributed by atoms with Gasteiger partial charge in [0.25, 0.3) is 0 Å². The second kappa shape index (κ2) is 6.69. The number of carboxylic acid groups (broad SMARTS) is 1. The molecule has 1 heterocycles. The number of ether oxygens (including phenoxy) is 1. The van der Waals surface area contributed by atoms with Gasteiger partial charge in [-0.2, -0.15) is 0 Å². The van der Waals surface area contributed by atoms with Crippen molar-refractivity contribution in [2.24, 2.45) is 5.92 Å². The van der Waals surface area contributed by atoms with Gasteiger partial charge in [0.1, 0.15) is 11.5 Å². The van der Waals surface area contributed by atoms with Crippen LogP contribution in [0, 0.1) is 12.8 Å².